The topological polar surface area (TPSA) is 162 Å². The van der Waals surface area contributed by atoms with Crippen molar-refractivity contribution < 1.29 is 37.4 Å². The lowest BCUT2D eigenvalue weighted by molar-refractivity contribution is -0.139. The molecule has 340 valence electrons. The van der Waals surface area contributed by atoms with Crippen LogP contribution in [0.5, 0.6) is 0 Å². The number of nitrogens with zero attached hydrogens (tertiary/aromatic N) is 3. The van der Waals surface area contributed by atoms with Crippen LogP contribution in [0, 0.1) is 23.2 Å². The average Bonchev–Trinajstić information content (AvgIpc) is 3.95. The van der Waals surface area contributed by atoms with E-state index in [1.807, 2.05) is 80.0 Å². The molecule has 0 unspecified atom stereocenters. The van der Waals surface area contributed by atoms with Gasteiger partial charge in [-0.05, 0) is 126 Å². The molecule has 10 rings (SSSR count). The highest BCUT2D eigenvalue weighted by Gasteiger charge is 2.55. The van der Waals surface area contributed by atoms with Gasteiger partial charge in [0.1, 0.15) is 17.9 Å². The zero-order valence-electron chi connectivity index (χ0n) is 37.5. The van der Waals surface area contributed by atoms with Crippen LogP contribution in [0.2, 0.25) is 0 Å². The standard InChI is InChI=1S/C50H55F2N7O6/c1-25(2)41(56-47(62)64-5)45(60)58-24-49(17-18-49)23-40(58)38-16-15-36(53-38)29-9-13-33-32-12-8-27(20-34(32)50(51,52)35(33)21-29)28-10-14-37-39(22-28)55-44(54-37)43-30-7-11-31(19-30)59(43)46(61)42(26(3)4)57-48(63)65-6/h8-10,12-16,20-22,25-26,30-31,40-43,53H,7,11,17-19,23-24H2,1-6H3,(H,54,55)(H,56,62)(H,57,63)/t30-,31+,40-,41+,42-,43-/m0/s1. The van der Waals surface area contributed by atoms with E-state index in [0.29, 0.717) is 45.8 Å². The monoisotopic (exact) mass is 887 g/mol. The first-order valence-electron chi connectivity index (χ1n) is 22.8. The van der Waals surface area contributed by atoms with Crippen LogP contribution in [-0.2, 0) is 25.0 Å². The van der Waals surface area contributed by atoms with Gasteiger partial charge in [-0.1, -0.05) is 58.0 Å². The predicted octanol–water partition coefficient (Wildman–Crippen LogP) is 9.21. The zero-order chi connectivity index (χ0) is 45.7. The van der Waals surface area contributed by atoms with Crippen LogP contribution in [0.1, 0.15) is 101 Å². The van der Waals surface area contributed by atoms with Crippen LogP contribution in [-0.4, -0.2) is 87.6 Å². The number of ether oxygens (including phenoxy) is 2. The molecule has 2 bridgehead atoms. The molecule has 2 saturated heterocycles. The Morgan fingerprint density at radius 1 is 0.769 bits per heavy atom. The lowest BCUT2D eigenvalue weighted by atomic mass is 9.95. The molecule has 3 aromatic carbocycles. The molecule has 5 aliphatic rings. The Bertz CT molecular complexity index is 2740. The van der Waals surface area contributed by atoms with Crippen LogP contribution in [0.25, 0.3) is 44.5 Å². The van der Waals surface area contributed by atoms with Crippen molar-refractivity contribution in [1.29, 1.82) is 0 Å². The number of likely N-dealkylation sites (tertiary alicyclic amines) is 2. The normalized spacial score (nSPS) is 22.9. The summed E-state index contributed by atoms with van der Waals surface area (Å²) in [6.45, 7) is 8.16. The number of nitrogens with one attached hydrogen (secondary N) is 4. The van der Waals surface area contributed by atoms with Crippen molar-refractivity contribution in [3.05, 3.63) is 89.4 Å². The van der Waals surface area contributed by atoms with E-state index in [-0.39, 0.29) is 64.2 Å². The highest BCUT2D eigenvalue weighted by molar-refractivity contribution is 5.89. The maximum absolute atomic E-state index is 16.7. The number of alkyl carbamates (subject to hydrolysis) is 2. The fourth-order valence-electron chi connectivity index (χ4n) is 11.2. The molecule has 4 amide bonds. The number of halogens is 2. The van der Waals surface area contributed by atoms with E-state index in [1.165, 1.54) is 14.2 Å². The maximum atomic E-state index is 16.7. The first-order valence-corrected chi connectivity index (χ1v) is 22.8. The molecule has 6 atom stereocenters. The number of piperidine rings is 1. The molecular weight excluding hydrogens is 833 g/mol. The number of hydrogen-bond acceptors (Lipinski definition) is 7. The van der Waals surface area contributed by atoms with E-state index < -0.39 is 30.2 Å². The Hall–Kier alpha value is -6.25. The third-order valence-electron chi connectivity index (χ3n) is 14.9. The highest BCUT2D eigenvalue weighted by Crippen LogP contribution is 2.59. The summed E-state index contributed by atoms with van der Waals surface area (Å²) >= 11 is 0. The number of alkyl halides is 2. The first-order chi connectivity index (χ1) is 31.1. The number of amides is 4. The van der Waals surface area contributed by atoms with Gasteiger partial charge in [-0.3, -0.25) is 9.59 Å². The molecule has 13 nitrogen and oxygen atoms in total. The SMILES string of the molecule is COC(=O)N[C@H](C(=O)N1[C@@H]2CC[C@@H](C2)[C@H]1c1nc2ccc(-c3ccc4c(c3)C(F)(F)c3cc(-c5ccc([C@@H]6CC7(CC7)CN6C(=O)[C@H](NC(=O)OC)C(C)C)[nH]5)ccc3-4)cc2[nH]1)C(C)C. The van der Waals surface area contributed by atoms with Gasteiger partial charge in [0.05, 0.1) is 37.3 Å². The lowest BCUT2D eigenvalue weighted by Crippen LogP contribution is -2.54. The Morgan fingerprint density at radius 2 is 1.38 bits per heavy atom. The van der Waals surface area contributed by atoms with E-state index in [9.17, 15) is 19.2 Å². The van der Waals surface area contributed by atoms with Crippen molar-refractivity contribution in [1.82, 2.24) is 35.4 Å². The number of aromatic nitrogens is 3. The number of aromatic amines is 2. The van der Waals surface area contributed by atoms with Gasteiger partial charge < -0.3 is 39.9 Å². The van der Waals surface area contributed by atoms with Crippen molar-refractivity contribution in [2.24, 2.45) is 23.2 Å². The van der Waals surface area contributed by atoms with Crippen LogP contribution >= 0.6 is 0 Å². The number of benzene rings is 3. The summed E-state index contributed by atoms with van der Waals surface area (Å²) in [4.78, 5) is 68.1. The fraction of sp³-hybridized carbons (Fsp3) is 0.460. The Kier molecular flexibility index (Phi) is 10.3. The molecule has 2 aliphatic heterocycles. The number of imidazole rings is 1. The van der Waals surface area contributed by atoms with Crippen LogP contribution in [0.3, 0.4) is 0 Å². The fourth-order valence-corrected chi connectivity index (χ4v) is 11.2. The third-order valence-corrected chi connectivity index (χ3v) is 14.9. The van der Waals surface area contributed by atoms with Crippen molar-refractivity contribution in [3.63, 3.8) is 0 Å². The molecule has 4 heterocycles. The zero-order valence-corrected chi connectivity index (χ0v) is 37.5. The maximum Gasteiger partial charge on any atom is 0.407 e. The minimum atomic E-state index is -3.27. The van der Waals surface area contributed by atoms with Gasteiger partial charge in [0, 0.05) is 35.1 Å². The Labute approximate surface area is 376 Å². The molecular formula is C50H55F2N7O6. The number of carbonyl (C=O) groups is 4. The van der Waals surface area contributed by atoms with Crippen molar-refractivity contribution in [3.8, 4) is 33.5 Å². The average molecular weight is 888 g/mol. The van der Waals surface area contributed by atoms with E-state index in [0.717, 1.165) is 55.3 Å². The van der Waals surface area contributed by atoms with Crippen LogP contribution in [0.4, 0.5) is 18.4 Å². The number of hydrogen-bond donors (Lipinski definition) is 4. The molecule has 0 radical (unpaired) electrons. The predicted molar refractivity (Wildman–Crippen MR) is 240 cm³/mol. The summed E-state index contributed by atoms with van der Waals surface area (Å²) in [5, 5.41) is 5.46. The van der Waals surface area contributed by atoms with Gasteiger partial charge in [-0.15, -0.1) is 0 Å². The Balaban J connectivity index is 0.896. The molecule has 2 aromatic heterocycles. The molecule has 1 spiro atoms. The van der Waals surface area contributed by atoms with Crippen LogP contribution in [0.15, 0.2) is 66.7 Å². The summed E-state index contributed by atoms with van der Waals surface area (Å²) in [6, 6.07) is 17.9. The second-order valence-electron chi connectivity index (χ2n) is 19.6. The summed E-state index contributed by atoms with van der Waals surface area (Å²) in [7, 11) is 2.55. The van der Waals surface area contributed by atoms with Crippen molar-refractivity contribution >= 4 is 35.0 Å². The van der Waals surface area contributed by atoms with E-state index in [2.05, 4.69) is 20.6 Å². The quantitative estimate of drug-likeness (QED) is 0.109. The summed E-state index contributed by atoms with van der Waals surface area (Å²) in [5.74, 6) is -3.01. The van der Waals surface area contributed by atoms with Crippen molar-refractivity contribution in [2.75, 3.05) is 20.8 Å². The molecule has 2 saturated carbocycles. The smallest absolute Gasteiger partial charge is 0.407 e. The number of fused-ring (bicyclic) bond motifs is 6. The molecule has 4 N–H and O–H groups in total. The molecule has 4 fully saturated rings. The number of H-pyrrole nitrogens is 2. The second kappa shape index (κ2) is 15.7. The summed E-state index contributed by atoms with van der Waals surface area (Å²) in [6.07, 6.45) is 4.26. The van der Waals surface area contributed by atoms with Crippen molar-refractivity contribution in [2.45, 2.75) is 102 Å². The molecule has 5 aromatic rings. The minimum absolute atomic E-state index is 0.0485. The number of carbonyl (C=O) groups excluding carboxylic acids is 4. The van der Waals surface area contributed by atoms with Gasteiger partial charge in [0.2, 0.25) is 11.8 Å². The number of rotatable bonds is 10. The Morgan fingerprint density at radius 3 is 2.03 bits per heavy atom. The van der Waals surface area contributed by atoms with E-state index in [4.69, 9.17) is 14.5 Å². The highest BCUT2D eigenvalue weighted by atomic mass is 19.3. The largest absolute Gasteiger partial charge is 0.453 e. The van der Waals surface area contributed by atoms with E-state index >= 15 is 8.78 Å². The summed E-state index contributed by atoms with van der Waals surface area (Å²) in [5.41, 5.74) is 5.83. The summed E-state index contributed by atoms with van der Waals surface area (Å²) < 4.78 is 43.0. The van der Waals surface area contributed by atoms with E-state index in [1.54, 1.807) is 24.3 Å². The van der Waals surface area contributed by atoms with Gasteiger partial charge in [0.25, 0.3) is 5.92 Å². The minimum Gasteiger partial charge on any atom is -0.453 e. The molecule has 15 heteroatoms. The van der Waals surface area contributed by atoms with Gasteiger partial charge >= 0.3 is 12.2 Å². The third kappa shape index (κ3) is 7.21. The molecule has 65 heavy (non-hydrogen) atoms. The van der Waals surface area contributed by atoms with Gasteiger partial charge in [-0.2, -0.15) is 8.78 Å². The van der Waals surface area contributed by atoms with Gasteiger partial charge in [-0.25, -0.2) is 14.6 Å². The first kappa shape index (κ1) is 42.7. The lowest BCUT2D eigenvalue weighted by Gasteiger charge is -2.37. The van der Waals surface area contributed by atoms with Crippen LogP contribution < -0.4 is 10.6 Å². The molecule has 3 aliphatic carbocycles. The van der Waals surface area contributed by atoms with Gasteiger partial charge in [0.15, 0.2) is 0 Å². The number of methoxy groups -OCH3 is 2. The second-order valence-corrected chi connectivity index (χ2v) is 19.6.